The number of likely N-dealkylation sites (tertiary alicyclic amines) is 1. The number of aromatic amines is 1. The van der Waals surface area contributed by atoms with Crippen molar-refractivity contribution in [1.29, 1.82) is 0 Å². The highest BCUT2D eigenvalue weighted by molar-refractivity contribution is 5.88. The third-order valence-corrected chi connectivity index (χ3v) is 6.26. The normalized spacial score (nSPS) is 17.3. The van der Waals surface area contributed by atoms with Gasteiger partial charge in [0.15, 0.2) is 0 Å². The molecule has 4 rings (SSSR count). The first-order valence-electron chi connectivity index (χ1n) is 10.8. The zero-order valence-corrected chi connectivity index (χ0v) is 17.2. The molecule has 1 aliphatic carbocycles. The molecule has 0 unspecified atom stereocenters. The van der Waals surface area contributed by atoms with E-state index < -0.39 is 5.41 Å². The van der Waals surface area contributed by atoms with Gasteiger partial charge in [0.05, 0.1) is 11.1 Å². The lowest BCUT2D eigenvalue weighted by Gasteiger charge is -2.49. The molecule has 1 aromatic carbocycles. The highest BCUT2D eigenvalue weighted by Crippen LogP contribution is 2.35. The van der Waals surface area contributed by atoms with Gasteiger partial charge in [0, 0.05) is 38.2 Å². The molecule has 0 saturated carbocycles. The number of nitrogens with zero attached hydrogens (tertiary/aromatic N) is 2. The average Bonchev–Trinajstić information content (AvgIpc) is 3.12. The number of rotatable bonds is 7. The molecule has 0 bridgehead atoms. The van der Waals surface area contributed by atoms with Crippen LogP contribution in [-0.4, -0.2) is 46.5 Å². The number of nitrogens with one attached hydrogen (secondary N) is 2. The number of aromatic nitrogens is 2. The molecule has 1 saturated heterocycles. The minimum atomic E-state index is -0.515. The van der Waals surface area contributed by atoms with E-state index in [1.165, 1.54) is 24.1 Å². The number of carbonyl (C=O) groups is 2. The topological polar surface area (TPSA) is 78.1 Å². The van der Waals surface area contributed by atoms with Gasteiger partial charge in [-0.15, -0.1) is 0 Å². The standard InChI is InChI=1S/C23H30N4O2/c1-2-24-22(29)23(14-17-8-4-3-5-9-17)15-27(16-23)21(28)13-12-20-18-10-6-7-11-19(18)25-26-20/h3-5,8-9H,2,6-7,10-16H2,1H3,(H,24,29)(H,25,26). The molecular weight excluding hydrogens is 364 g/mol. The van der Waals surface area contributed by atoms with Crippen LogP contribution in [0.4, 0.5) is 0 Å². The van der Waals surface area contributed by atoms with E-state index in [2.05, 4.69) is 15.5 Å². The number of carbonyl (C=O) groups excluding carboxylic acids is 2. The van der Waals surface area contributed by atoms with Gasteiger partial charge in [0.2, 0.25) is 11.8 Å². The summed E-state index contributed by atoms with van der Waals surface area (Å²) < 4.78 is 0. The van der Waals surface area contributed by atoms with Crippen molar-refractivity contribution in [3.8, 4) is 0 Å². The van der Waals surface area contributed by atoms with E-state index in [1.54, 1.807) is 0 Å². The van der Waals surface area contributed by atoms with E-state index in [1.807, 2.05) is 42.2 Å². The van der Waals surface area contributed by atoms with Crippen LogP contribution >= 0.6 is 0 Å². The number of hydrogen-bond acceptors (Lipinski definition) is 3. The zero-order chi connectivity index (χ0) is 20.3. The molecule has 1 aliphatic heterocycles. The highest BCUT2D eigenvalue weighted by atomic mass is 16.2. The molecule has 2 amide bonds. The molecule has 0 spiro atoms. The lowest BCUT2D eigenvalue weighted by atomic mass is 9.73. The van der Waals surface area contributed by atoms with Gasteiger partial charge in [-0.05, 0) is 50.2 Å². The number of aryl methyl sites for hydroxylation is 2. The Balaban J connectivity index is 1.37. The third-order valence-electron chi connectivity index (χ3n) is 6.26. The summed E-state index contributed by atoms with van der Waals surface area (Å²) in [6, 6.07) is 10.1. The van der Waals surface area contributed by atoms with Gasteiger partial charge in [0.1, 0.15) is 0 Å². The smallest absolute Gasteiger partial charge is 0.230 e. The fourth-order valence-electron chi connectivity index (χ4n) is 4.67. The number of hydrogen-bond donors (Lipinski definition) is 2. The minimum absolute atomic E-state index is 0.0503. The van der Waals surface area contributed by atoms with Gasteiger partial charge in [-0.1, -0.05) is 30.3 Å². The fraction of sp³-hybridized carbons (Fsp3) is 0.522. The van der Waals surface area contributed by atoms with Crippen molar-refractivity contribution in [3.63, 3.8) is 0 Å². The molecule has 2 aliphatic rings. The summed E-state index contributed by atoms with van der Waals surface area (Å²) in [7, 11) is 0. The molecule has 29 heavy (non-hydrogen) atoms. The molecule has 154 valence electrons. The van der Waals surface area contributed by atoms with Crippen LogP contribution in [0.5, 0.6) is 0 Å². The largest absolute Gasteiger partial charge is 0.356 e. The monoisotopic (exact) mass is 394 g/mol. The molecular formula is C23H30N4O2. The molecule has 1 fully saturated rings. The molecule has 6 nitrogen and oxygen atoms in total. The van der Waals surface area contributed by atoms with E-state index in [4.69, 9.17) is 0 Å². The van der Waals surface area contributed by atoms with Crippen LogP contribution in [0.3, 0.4) is 0 Å². The first kappa shape index (κ1) is 19.7. The predicted octanol–water partition coefficient (Wildman–Crippen LogP) is 2.43. The highest BCUT2D eigenvalue weighted by Gasteiger charge is 2.50. The first-order chi connectivity index (χ1) is 14.1. The van der Waals surface area contributed by atoms with Crippen LogP contribution in [0.2, 0.25) is 0 Å². The van der Waals surface area contributed by atoms with Crippen molar-refractivity contribution in [3.05, 3.63) is 52.8 Å². The lowest BCUT2D eigenvalue weighted by molar-refractivity contribution is -0.153. The summed E-state index contributed by atoms with van der Waals surface area (Å²) in [6.45, 7) is 3.52. The van der Waals surface area contributed by atoms with Gasteiger partial charge >= 0.3 is 0 Å². The van der Waals surface area contributed by atoms with Gasteiger partial charge in [0.25, 0.3) is 0 Å². The first-order valence-corrected chi connectivity index (χ1v) is 10.8. The van der Waals surface area contributed by atoms with Gasteiger partial charge in [-0.3, -0.25) is 14.7 Å². The second-order valence-corrected chi connectivity index (χ2v) is 8.39. The second kappa shape index (κ2) is 8.39. The number of H-pyrrole nitrogens is 1. The second-order valence-electron chi connectivity index (χ2n) is 8.39. The fourth-order valence-corrected chi connectivity index (χ4v) is 4.67. The van der Waals surface area contributed by atoms with Crippen LogP contribution in [0.15, 0.2) is 30.3 Å². The summed E-state index contributed by atoms with van der Waals surface area (Å²) in [6.07, 6.45) is 6.34. The van der Waals surface area contributed by atoms with Crippen molar-refractivity contribution < 1.29 is 9.59 Å². The number of fused-ring (bicyclic) bond motifs is 1. The van der Waals surface area contributed by atoms with Crippen LogP contribution in [0.1, 0.15) is 48.7 Å². The van der Waals surface area contributed by atoms with E-state index in [0.29, 0.717) is 38.9 Å². The van der Waals surface area contributed by atoms with Crippen LogP contribution in [0, 0.1) is 5.41 Å². The zero-order valence-electron chi connectivity index (χ0n) is 17.2. The Hall–Kier alpha value is -2.63. The Bertz CT molecular complexity index is 868. The summed E-state index contributed by atoms with van der Waals surface area (Å²) in [5.41, 5.74) is 4.24. The van der Waals surface area contributed by atoms with E-state index >= 15 is 0 Å². The van der Waals surface area contributed by atoms with Crippen molar-refractivity contribution in [2.24, 2.45) is 5.41 Å². The van der Waals surface area contributed by atoms with Crippen LogP contribution in [-0.2, 0) is 35.3 Å². The quantitative estimate of drug-likeness (QED) is 0.757. The van der Waals surface area contributed by atoms with Crippen molar-refractivity contribution >= 4 is 11.8 Å². The molecule has 0 atom stereocenters. The predicted molar refractivity (Wildman–Crippen MR) is 111 cm³/mol. The Morgan fingerprint density at radius 2 is 1.93 bits per heavy atom. The lowest BCUT2D eigenvalue weighted by Crippen LogP contribution is -2.65. The Morgan fingerprint density at radius 3 is 2.69 bits per heavy atom. The SMILES string of the molecule is CCNC(=O)C1(Cc2ccccc2)CN(C(=O)CCc2n[nH]c3c2CCCC3)C1. The Morgan fingerprint density at radius 1 is 1.17 bits per heavy atom. The van der Waals surface area contributed by atoms with Crippen molar-refractivity contribution in [1.82, 2.24) is 20.4 Å². The Labute approximate surface area is 172 Å². The van der Waals surface area contributed by atoms with E-state index in [0.717, 1.165) is 24.1 Å². The van der Waals surface area contributed by atoms with Gasteiger partial charge in [-0.25, -0.2) is 0 Å². The maximum atomic E-state index is 12.8. The molecule has 2 aromatic rings. The molecule has 1 aromatic heterocycles. The molecule has 2 heterocycles. The van der Waals surface area contributed by atoms with E-state index in [-0.39, 0.29) is 11.8 Å². The van der Waals surface area contributed by atoms with Crippen LogP contribution in [0.25, 0.3) is 0 Å². The van der Waals surface area contributed by atoms with Crippen LogP contribution < -0.4 is 5.32 Å². The van der Waals surface area contributed by atoms with E-state index in [9.17, 15) is 9.59 Å². The van der Waals surface area contributed by atoms with Gasteiger partial charge < -0.3 is 10.2 Å². The summed E-state index contributed by atoms with van der Waals surface area (Å²) in [5, 5.41) is 10.6. The third kappa shape index (κ3) is 4.07. The maximum absolute atomic E-state index is 12.8. The molecule has 6 heteroatoms. The van der Waals surface area contributed by atoms with Crippen molar-refractivity contribution in [2.75, 3.05) is 19.6 Å². The minimum Gasteiger partial charge on any atom is -0.356 e. The van der Waals surface area contributed by atoms with Gasteiger partial charge in [-0.2, -0.15) is 5.10 Å². The summed E-state index contributed by atoms with van der Waals surface area (Å²) >= 11 is 0. The Kier molecular flexibility index (Phi) is 5.69. The summed E-state index contributed by atoms with van der Waals surface area (Å²) in [5.74, 6) is 0.166. The molecule has 0 radical (unpaired) electrons. The summed E-state index contributed by atoms with van der Waals surface area (Å²) in [4.78, 5) is 27.4. The molecule has 2 N–H and O–H groups in total. The number of benzene rings is 1. The van der Waals surface area contributed by atoms with Crippen molar-refractivity contribution in [2.45, 2.75) is 51.9 Å². The maximum Gasteiger partial charge on any atom is 0.230 e. The average molecular weight is 395 g/mol. The number of amides is 2.